The highest BCUT2D eigenvalue weighted by Gasteiger charge is 2.39. The summed E-state index contributed by atoms with van der Waals surface area (Å²) in [4.78, 5) is 0. The third-order valence-corrected chi connectivity index (χ3v) is 3.65. The standard InChI is InChI=1S/C12H23NO/c1-8-5-11(9(2)14-8)13-10-6-12(3,4)7-10/h8-11,13H,5-7H2,1-4H3. The fourth-order valence-electron chi connectivity index (χ4n) is 2.96. The smallest absolute Gasteiger partial charge is 0.0704 e. The fourth-order valence-corrected chi connectivity index (χ4v) is 2.96. The summed E-state index contributed by atoms with van der Waals surface area (Å²) in [5.41, 5.74) is 0.575. The first-order chi connectivity index (χ1) is 6.46. The second-order valence-corrected chi connectivity index (χ2v) is 5.93. The van der Waals surface area contributed by atoms with Crippen molar-refractivity contribution in [2.24, 2.45) is 5.41 Å². The first-order valence-corrected chi connectivity index (χ1v) is 5.88. The van der Waals surface area contributed by atoms with Crippen molar-refractivity contribution in [1.29, 1.82) is 0 Å². The number of rotatable bonds is 2. The van der Waals surface area contributed by atoms with E-state index in [0.29, 0.717) is 23.7 Å². The lowest BCUT2D eigenvalue weighted by atomic mass is 9.68. The molecule has 82 valence electrons. The van der Waals surface area contributed by atoms with Crippen LogP contribution in [0.1, 0.15) is 47.0 Å². The Kier molecular flexibility index (Phi) is 2.61. The van der Waals surface area contributed by atoms with Gasteiger partial charge in [0.2, 0.25) is 0 Å². The van der Waals surface area contributed by atoms with Crippen LogP contribution in [0.15, 0.2) is 0 Å². The molecule has 0 bridgehead atoms. The third kappa shape index (κ3) is 2.12. The molecule has 0 aromatic rings. The molecule has 2 nitrogen and oxygen atoms in total. The summed E-state index contributed by atoms with van der Waals surface area (Å²) < 4.78 is 5.73. The lowest BCUT2D eigenvalue weighted by Gasteiger charge is -2.44. The first-order valence-electron chi connectivity index (χ1n) is 5.88. The maximum Gasteiger partial charge on any atom is 0.0704 e. The summed E-state index contributed by atoms with van der Waals surface area (Å²) in [7, 11) is 0. The van der Waals surface area contributed by atoms with Crippen molar-refractivity contribution in [3.05, 3.63) is 0 Å². The van der Waals surface area contributed by atoms with Gasteiger partial charge in [-0.3, -0.25) is 0 Å². The monoisotopic (exact) mass is 197 g/mol. The SMILES string of the molecule is CC1CC(NC2CC(C)(C)C2)C(C)O1. The van der Waals surface area contributed by atoms with Crippen molar-refractivity contribution in [3.8, 4) is 0 Å². The van der Waals surface area contributed by atoms with Crippen molar-refractivity contribution in [3.63, 3.8) is 0 Å². The average Bonchev–Trinajstić information content (AvgIpc) is 2.26. The Balaban J connectivity index is 1.77. The number of hydrogen-bond donors (Lipinski definition) is 1. The molecule has 1 N–H and O–H groups in total. The van der Waals surface area contributed by atoms with E-state index < -0.39 is 0 Å². The predicted octanol–water partition coefficient (Wildman–Crippen LogP) is 2.33. The Morgan fingerprint density at radius 1 is 1.21 bits per heavy atom. The molecular weight excluding hydrogens is 174 g/mol. The largest absolute Gasteiger partial charge is 0.374 e. The molecule has 1 saturated heterocycles. The molecule has 0 amide bonds. The molecular formula is C12H23NO. The lowest BCUT2D eigenvalue weighted by Crippen LogP contribution is -2.51. The van der Waals surface area contributed by atoms with Gasteiger partial charge in [-0.2, -0.15) is 0 Å². The average molecular weight is 197 g/mol. The van der Waals surface area contributed by atoms with Gasteiger partial charge in [-0.05, 0) is 38.5 Å². The van der Waals surface area contributed by atoms with Gasteiger partial charge >= 0.3 is 0 Å². The lowest BCUT2D eigenvalue weighted by molar-refractivity contribution is 0.0512. The van der Waals surface area contributed by atoms with Crippen LogP contribution >= 0.6 is 0 Å². The molecule has 3 unspecified atom stereocenters. The fraction of sp³-hybridized carbons (Fsp3) is 1.00. The quantitative estimate of drug-likeness (QED) is 0.733. The molecule has 1 heterocycles. The Labute approximate surface area is 87.4 Å². The van der Waals surface area contributed by atoms with Gasteiger partial charge in [0, 0.05) is 12.1 Å². The summed E-state index contributed by atoms with van der Waals surface area (Å²) in [6.45, 7) is 9.05. The minimum atomic E-state index is 0.397. The van der Waals surface area contributed by atoms with Crippen molar-refractivity contribution < 1.29 is 4.74 Å². The molecule has 0 radical (unpaired) electrons. The van der Waals surface area contributed by atoms with Gasteiger partial charge in [-0.15, -0.1) is 0 Å². The first kappa shape index (κ1) is 10.4. The van der Waals surface area contributed by atoms with E-state index in [2.05, 4.69) is 33.0 Å². The molecule has 0 aromatic carbocycles. The normalized spacial score (nSPS) is 42.4. The molecule has 14 heavy (non-hydrogen) atoms. The molecule has 1 saturated carbocycles. The molecule has 0 aromatic heterocycles. The summed E-state index contributed by atoms with van der Waals surface area (Å²) in [5, 5.41) is 3.73. The Morgan fingerprint density at radius 2 is 1.86 bits per heavy atom. The van der Waals surface area contributed by atoms with E-state index in [9.17, 15) is 0 Å². The van der Waals surface area contributed by atoms with Crippen LogP contribution in [-0.4, -0.2) is 24.3 Å². The Morgan fingerprint density at radius 3 is 2.29 bits per heavy atom. The van der Waals surface area contributed by atoms with Gasteiger partial charge in [0.15, 0.2) is 0 Å². The molecule has 3 atom stereocenters. The minimum absolute atomic E-state index is 0.397. The van der Waals surface area contributed by atoms with Crippen LogP contribution in [-0.2, 0) is 4.74 Å². The summed E-state index contributed by atoms with van der Waals surface area (Å²) in [6.07, 6.45) is 4.66. The predicted molar refractivity (Wildman–Crippen MR) is 58.4 cm³/mol. The summed E-state index contributed by atoms with van der Waals surface area (Å²) >= 11 is 0. The molecule has 1 aliphatic carbocycles. The highest BCUT2D eigenvalue weighted by atomic mass is 16.5. The van der Waals surface area contributed by atoms with Crippen LogP contribution in [0.5, 0.6) is 0 Å². The number of ether oxygens (including phenoxy) is 1. The van der Waals surface area contributed by atoms with E-state index in [4.69, 9.17) is 4.74 Å². The van der Waals surface area contributed by atoms with E-state index in [1.807, 2.05) is 0 Å². The van der Waals surface area contributed by atoms with Gasteiger partial charge in [-0.25, -0.2) is 0 Å². The highest BCUT2D eigenvalue weighted by molar-refractivity contribution is 4.95. The molecule has 2 fully saturated rings. The Bertz CT molecular complexity index is 206. The van der Waals surface area contributed by atoms with Crippen LogP contribution in [0.3, 0.4) is 0 Å². The van der Waals surface area contributed by atoms with Crippen LogP contribution in [0.4, 0.5) is 0 Å². The van der Waals surface area contributed by atoms with Crippen molar-refractivity contribution in [1.82, 2.24) is 5.32 Å². The van der Waals surface area contributed by atoms with Crippen LogP contribution in [0, 0.1) is 5.41 Å². The van der Waals surface area contributed by atoms with Crippen LogP contribution < -0.4 is 5.32 Å². The summed E-state index contributed by atoms with van der Waals surface area (Å²) in [6, 6.07) is 1.33. The maximum atomic E-state index is 5.73. The van der Waals surface area contributed by atoms with Gasteiger partial charge in [0.05, 0.1) is 12.2 Å². The van der Waals surface area contributed by atoms with E-state index in [-0.39, 0.29) is 0 Å². The number of hydrogen-bond acceptors (Lipinski definition) is 2. The van der Waals surface area contributed by atoms with E-state index >= 15 is 0 Å². The van der Waals surface area contributed by atoms with Crippen LogP contribution in [0.25, 0.3) is 0 Å². The zero-order valence-electron chi connectivity index (χ0n) is 9.84. The minimum Gasteiger partial charge on any atom is -0.374 e. The van der Waals surface area contributed by atoms with Gasteiger partial charge in [0.25, 0.3) is 0 Å². The zero-order valence-corrected chi connectivity index (χ0v) is 9.84. The second kappa shape index (κ2) is 3.49. The van der Waals surface area contributed by atoms with Crippen molar-refractivity contribution in [2.45, 2.75) is 71.2 Å². The topological polar surface area (TPSA) is 21.3 Å². The van der Waals surface area contributed by atoms with Gasteiger partial charge < -0.3 is 10.1 Å². The molecule has 1 aliphatic heterocycles. The van der Waals surface area contributed by atoms with Crippen molar-refractivity contribution >= 4 is 0 Å². The molecule has 2 aliphatic rings. The molecule has 2 heteroatoms. The highest BCUT2D eigenvalue weighted by Crippen LogP contribution is 2.40. The van der Waals surface area contributed by atoms with Crippen molar-refractivity contribution in [2.75, 3.05) is 0 Å². The van der Waals surface area contributed by atoms with Gasteiger partial charge in [0.1, 0.15) is 0 Å². The maximum absolute atomic E-state index is 5.73. The van der Waals surface area contributed by atoms with E-state index in [1.54, 1.807) is 0 Å². The van der Waals surface area contributed by atoms with Gasteiger partial charge in [-0.1, -0.05) is 13.8 Å². The Hall–Kier alpha value is -0.0800. The molecule has 0 spiro atoms. The number of nitrogens with one attached hydrogen (secondary N) is 1. The van der Waals surface area contributed by atoms with Crippen LogP contribution in [0.2, 0.25) is 0 Å². The van der Waals surface area contributed by atoms with E-state index in [1.165, 1.54) is 19.3 Å². The third-order valence-electron chi connectivity index (χ3n) is 3.65. The molecule has 2 rings (SSSR count). The zero-order chi connectivity index (χ0) is 10.3. The second-order valence-electron chi connectivity index (χ2n) is 5.93. The van der Waals surface area contributed by atoms with E-state index in [0.717, 1.165) is 6.04 Å². The summed E-state index contributed by atoms with van der Waals surface area (Å²) in [5.74, 6) is 0.